The number of nitrogens with one attached hydrogen (secondary N) is 1. The number of alkyl halides is 4. The quantitative estimate of drug-likeness (QED) is 0.617. The van der Waals surface area contributed by atoms with E-state index in [1.165, 1.54) is 18.2 Å². The SMILES string of the molecule is CC(C)Cn1c(-c2cccc(OC(F)(F)C(F)F)c2)n[nH]c1=S. The largest absolute Gasteiger partial charge is 0.461 e. The fraction of sp³-hybridized carbons (Fsp3) is 0.429. The predicted molar refractivity (Wildman–Crippen MR) is 79.3 cm³/mol. The molecule has 0 fully saturated rings. The molecule has 1 aromatic carbocycles. The Morgan fingerprint density at radius 3 is 2.65 bits per heavy atom. The van der Waals surface area contributed by atoms with Crippen molar-refractivity contribution in [1.82, 2.24) is 14.8 Å². The molecule has 0 amide bonds. The zero-order valence-corrected chi connectivity index (χ0v) is 13.2. The van der Waals surface area contributed by atoms with Gasteiger partial charge in [-0.15, -0.1) is 0 Å². The van der Waals surface area contributed by atoms with E-state index in [0.717, 1.165) is 0 Å². The van der Waals surface area contributed by atoms with Crippen LogP contribution in [0.1, 0.15) is 13.8 Å². The Morgan fingerprint density at radius 2 is 2.04 bits per heavy atom. The summed E-state index contributed by atoms with van der Waals surface area (Å²) in [6, 6.07) is 5.42. The van der Waals surface area contributed by atoms with Crippen molar-refractivity contribution in [1.29, 1.82) is 0 Å². The van der Waals surface area contributed by atoms with E-state index in [4.69, 9.17) is 12.2 Å². The molecule has 1 aromatic heterocycles. The molecule has 0 atom stereocenters. The molecule has 23 heavy (non-hydrogen) atoms. The van der Waals surface area contributed by atoms with Gasteiger partial charge in [0.1, 0.15) is 5.75 Å². The van der Waals surface area contributed by atoms with Crippen LogP contribution < -0.4 is 4.74 Å². The van der Waals surface area contributed by atoms with Crippen molar-refractivity contribution >= 4 is 12.2 Å². The lowest BCUT2D eigenvalue weighted by molar-refractivity contribution is -0.253. The third-order valence-corrected chi connectivity index (χ3v) is 3.22. The van der Waals surface area contributed by atoms with E-state index in [1.807, 2.05) is 13.8 Å². The van der Waals surface area contributed by atoms with E-state index in [2.05, 4.69) is 14.9 Å². The minimum Gasteiger partial charge on any atom is -0.428 e. The van der Waals surface area contributed by atoms with Crippen molar-refractivity contribution in [3.05, 3.63) is 29.0 Å². The normalized spacial score (nSPS) is 12.2. The number of aromatic nitrogens is 3. The number of hydrogen-bond donors (Lipinski definition) is 1. The van der Waals surface area contributed by atoms with Crippen LogP contribution in [0.3, 0.4) is 0 Å². The first-order valence-electron chi connectivity index (χ1n) is 6.81. The zero-order chi connectivity index (χ0) is 17.2. The van der Waals surface area contributed by atoms with E-state index in [-0.39, 0.29) is 11.7 Å². The fourth-order valence-electron chi connectivity index (χ4n) is 1.97. The first-order chi connectivity index (χ1) is 10.7. The summed E-state index contributed by atoms with van der Waals surface area (Å²) in [5, 5.41) is 6.70. The molecule has 2 rings (SSSR count). The van der Waals surface area contributed by atoms with Crippen LogP contribution in [0.4, 0.5) is 17.6 Å². The predicted octanol–water partition coefficient (Wildman–Crippen LogP) is 4.50. The molecule has 0 radical (unpaired) electrons. The summed E-state index contributed by atoms with van der Waals surface area (Å²) in [6.45, 7) is 4.55. The van der Waals surface area contributed by atoms with Crippen LogP contribution in [0.25, 0.3) is 11.4 Å². The maximum Gasteiger partial charge on any atom is 0.461 e. The van der Waals surface area contributed by atoms with Gasteiger partial charge in [-0.2, -0.15) is 22.7 Å². The second-order valence-electron chi connectivity index (χ2n) is 5.35. The molecule has 0 saturated carbocycles. The lowest BCUT2D eigenvalue weighted by Gasteiger charge is -2.17. The highest BCUT2D eigenvalue weighted by molar-refractivity contribution is 7.71. The zero-order valence-electron chi connectivity index (χ0n) is 12.4. The lowest BCUT2D eigenvalue weighted by atomic mass is 10.2. The number of hydrogen-bond acceptors (Lipinski definition) is 3. The third-order valence-electron chi connectivity index (χ3n) is 2.91. The minimum absolute atomic E-state index is 0.278. The van der Waals surface area contributed by atoms with Gasteiger partial charge in [0.2, 0.25) is 0 Å². The van der Waals surface area contributed by atoms with Gasteiger partial charge in [-0.25, -0.2) is 0 Å². The Bertz CT molecular complexity index is 727. The van der Waals surface area contributed by atoms with Gasteiger partial charge < -0.3 is 4.74 Å². The van der Waals surface area contributed by atoms with Gasteiger partial charge >= 0.3 is 12.5 Å². The molecule has 0 aliphatic carbocycles. The summed E-state index contributed by atoms with van der Waals surface area (Å²) >= 11 is 5.14. The first-order valence-corrected chi connectivity index (χ1v) is 7.22. The van der Waals surface area contributed by atoms with E-state index >= 15 is 0 Å². The molecule has 2 aromatic rings. The molecule has 1 N–H and O–H groups in total. The van der Waals surface area contributed by atoms with E-state index in [0.29, 0.717) is 22.7 Å². The monoisotopic (exact) mass is 349 g/mol. The molecule has 126 valence electrons. The van der Waals surface area contributed by atoms with Gasteiger partial charge in [0.05, 0.1) is 0 Å². The molecule has 0 aliphatic heterocycles. The van der Waals surface area contributed by atoms with E-state index in [1.54, 1.807) is 10.6 Å². The number of rotatable bonds is 6. The van der Waals surface area contributed by atoms with Crippen molar-refractivity contribution in [2.45, 2.75) is 32.9 Å². The van der Waals surface area contributed by atoms with Crippen LogP contribution in [-0.4, -0.2) is 27.3 Å². The van der Waals surface area contributed by atoms with Gasteiger partial charge in [0, 0.05) is 12.1 Å². The second-order valence-corrected chi connectivity index (χ2v) is 5.74. The maximum absolute atomic E-state index is 13.0. The molecule has 1 heterocycles. The van der Waals surface area contributed by atoms with Crippen molar-refractivity contribution < 1.29 is 22.3 Å². The van der Waals surface area contributed by atoms with Crippen molar-refractivity contribution in [3.8, 4) is 17.1 Å². The fourth-order valence-corrected chi connectivity index (χ4v) is 2.18. The van der Waals surface area contributed by atoms with Crippen molar-refractivity contribution in [3.63, 3.8) is 0 Å². The molecule has 0 saturated heterocycles. The Morgan fingerprint density at radius 1 is 1.35 bits per heavy atom. The Balaban J connectivity index is 2.36. The molecule has 0 aliphatic rings. The van der Waals surface area contributed by atoms with Crippen LogP contribution in [0.2, 0.25) is 0 Å². The lowest BCUT2D eigenvalue weighted by Crippen LogP contribution is -2.33. The van der Waals surface area contributed by atoms with Gasteiger partial charge in [0.25, 0.3) is 0 Å². The average molecular weight is 349 g/mol. The highest BCUT2D eigenvalue weighted by Crippen LogP contribution is 2.30. The Kier molecular flexibility index (Phi) is 5.08. The van der Waals surface area contributed by atoms with Crippen LogP contribution in [-0.2, 0) is 6.54 Å². The summed E-state index contributed by atoms with van der Waals surface area (Å²) in [5.41, 5.74) is 0.431. The standard InChI is InChI=1S/C14H15F4N3OS/c1-8(2)7-21-11(19-20-13(21)23)9-4-3-5-10(6-9)22-14(17,18)12(15)16/h3-6,8,12H,7H2,1-2H3,(H,20,23). The Hall–Kier alpha value is -1.90. The summed E-state index contributed by atoms with van der Waals surface area (Å²) in [5.74, 6) is 0.327. The van der Waals surface area contributed by atoms with Crippen LogP contribution in [0, 0.1) is 10.7 Å². The molecule has 4 nitrogen and oxygen atoms in total. The molecule has 0 spiro atoms. The molecular formula is C14H15F4N3OS. The van der Waals surface area contributed by atoms with E-state index in [9.17, 15) is 17.6 Å². The molecule has 9 heteroatoms. The number of H-pyrrole nitrogens is 1. The summed E-state index contributed by atoms with van der Waals surface area (Å²) < 4.78 is 56.7. The maximum atomic E-state index is 13.0. The minimum atomic E-state index is -4.55. The highest BCUT2D eigenvalue weighted by atomic mass is 32.1. The molecular weight excluding hydrogens is 334 g/mol. The number of ether oxygens (including phenoxy) is 1. The van der Waals surface area contributed by atoms with Gasteiger partial charge in [0.15, 0.2) is 10.6 Å². The Labute approximate surface area is 135 Å². The van der Waals surface area contributed by atoms with Crippen LogP contribution in [0.15, 0.2) is 24.3 Å². The molecule has 0 bridgehead atoms. The average Bonchev–Trinajstić information content (AvgIpc) is 2.79. The summed E-state index contributed by atoms with van der Waals surface area (Å²) in [6.07, 6.45) is -8.47. The van der Waals surface area contributed by atoms with Gasteiger partial charge in [-0.1, -0.05) is 26.0 Å². The molecule has 0 unspecified atom stereocenters. The second kappa shape index (κ2) is 6.69. The summed E-state index contributed by atoms with van der Waals surface area (Å²) in [7, 11) is 0. The van der Waals surface area contributed by atoms with Gasteiger partial charge in [-0.3, -0.25) is 9.67 Å². The third kappa shape index (κ3) is 4.10. The van der Waals surface area contributed by atoms with Crippen molar-refractivity contribution in [2.24, 2.45) is 5.92 Å². The van der Waals surface area contributed by atoms with Crippen LogP contribution >= 0.6 is 12.2 Å². The van der Waals surface area contributed by atoms with E-state index < -0.39 is 12.5 Å². The first kappa shape index (κ1) is 17.5. The number of nitrogens with zero attached hydrogens (tertiary/aromatic N) is 2. The number of benzene rings is 1. The topological polar surface area (TPSA) is 42.8 Å². The van der Waals surface area contributed by atoms with Gasteiger partial charge in [-0.05, 0) is 30.3 Å². The number of aromatic amines is 1. The summed E-state index contributed by atoms with van der Waals surface area (Å²) in [4.78, 5) is 0. The number of halogens is 4. The van der Waals surface area contributed by atoms with Crippen LogP contribution in [0.5, 0.6) is 5.75 Å². The smallest absolute Gasteiger partial charge is 0.428 e. The van der Waals surface area contributed by atoms with Crippen molar-refractivity contribution in [2.75, 3.05) is 0 Å². The highest BCUT2D eigenvalue weighted by Gasteiger charge is 2.44.